The standard InChI is InChI=1S/C21H20ClF3N2O4/c1-2-13-3-6-15(7-4-13)26-19(29)12-31-20(30)10-9-18(28)27-17-11-14(21(23,24)25)5-8-16(17)22/h3-8,11H,2,9-10,12H2,1H3,(H,26,29)(H,27,28). The Balaban J connectivity index is 1.76. The molecule has 0 aliphatic rings. The number of rotatable bonds is 8. The Morgan fingerprint density at radius 3 is 2.26 bits per heavy atom. The summed E-state index contributed by atoms with van der Waals surface area (Å²) < 4.78 is 43.1. The van der Waals surface area contributed by atoms with Crippen LogP contribution in [0.1, 0.15) is 30.9 Å². The summed E-state index contributed by atoms with van der Waals surface area (Å²) >= 11 is 5.80. The van der Waals surface area contributed by atoms with E-state index in [0.29, 0.717) is 11.8 Å². The van der Waals surface area contributed by atoms with E-state index < -0.39 is 36.1 Å². The second kappa shape index (κ2) is 10.8. The highest BCUT2D eigenvalue weighted by molar-refractivity contribution is 6.33. The smallest absolute Gasteiger partial charge is 0.416 e. The molecule has 2 aromatic carbocycles. The number of anilines is 2. The van der Waals surface area contributed by atoms with Gasteiger partial charge in [0.2, 0.25) is 5.91 Å². The first-order valence-corrected chi connectivity index (χ1v) is 9.67. The van der Waals surface area contributed by atoms with E-state index in [1.54, 1.807) is 12.1 Å². The zero-order chi connectivity index (χ0) is 23.0. The molecule has 0 bridgehead atoms. The van der Waals surface area contributed by atoms with Gasteiger partial charge in [-0.05, 0) is 42.3 Å². The Morgan fingerprint density at radius 2 is 1.65 bits per heavy atom. The monoisotopic (exact) mass is 456 g/mol. The largest absolute Gasteiger partial charge is 0.456 e. The number of aryl methyl sites for hydroxylation is 1. The van der Waals surface area contributed by atoms with Crippen molar-refractivity contribution in [1.82, 2.24) is 0 Å². The normalized spacial score (nSPS) is 11.0. The molecule has 6 nitrogen and oxygen atoms in total. The van der Waals surface area contributed by atoms with Crippen molar-refractivity contribution in [3.8, 4) is 0 Å². The average Bonchev–Trinajstić information content (AvgIpc) is 2.72. The van der Waals surface area contributed by atoms with Crippen LogP contribution in [0.3, 0.4) is 0 Å². The molecule has 0 aromatic heterocycles. The van der Waals surface area contributed by atoms with Crippen LogP contribution >= 0.6 is 11.6 Å². The third kappa shape index (κ3) is 7.93. The Kier molecular flexibility index (Phi) is 8.44. The Bertz CT molecular complexity index is 947. The van der Waals surface area contributed by atoms with E-state index in [1.165, 1.54) is 0 Å². The number of hydrogen-bond donors (Lipinski definition) is 2. The van der Waals surface area contributed by atoms with E-state index in [9.17, 15) is 27.6 Å². The van der Waals surface area contributed by atoms with Crippen molar-refractivity contribution in [1.29, 1.82) is 0 Å². The lowest BCUT2D eigenvalue weighted by molar-refractivity contribution is -0.147. The lowest BCUT2D eigenvalue weighted by Gasteiger charge is -2.11. The van der Waals surface area contributed by atoms with E-state index in [1.807, 2.05) is 19.1 Å². The van der Waals surface area contributed by atoms with Crippen molar-refractivity contribution < 1.29 is 32.3 Å². The first-order chi connectivity index (χ1) is 14.6. The molecule has 0 aliphatic heterocycles. The predicted octanol–water partition coefficient (Wildman–Crippen LogP) is 4.82. The van der Waals surface area contributed by atoms with Gasteiger partial charge in [-0.1, -0.05) is 30.7 Å². The summed E-state index contributed by atoms with van der Waals surface area (Å²) in [5, 5.41) is 4.72. The van der Waals surface area contributed by atoms with E-state index in [4.69, 9.17) is 16.3 Å². The number of carbonyl (C=O) groups is 3. The number of benzene rings is 2. The first-order valence-electron chi connectivity index (χ1n) is 9.29. The molecule has 0 saturated heterocycles. The van der Waals surface area contributed by atoms with E-state index in [0.717, 1.165) is 24.1 Å². The van der Waals surface area contributed by atoms with Crippen molar-refractivity contribution in [3.05, 3.63) is 58.6 Å². The van der Waals surface area contributed by atoms with Crippen molar-refractivity contribution >= 4 is 40.8 Å². The van der Waals surface area contributed by atoms with E-state index >= 15 is 0 Å². The second-order valence-corrected chi connectivity index (χ2v) is 6.91. The highest BCUT2D eigenvalue weighted by Crippen LogP contribution is 2.33. The summed E-state index contributed by atoms with van der Waals surface area (Å²) in [6, 6.07) is 9.68. The van der Waals surface area contributed by atoms with Gasteiger partial charge < -0.3 is 15.4 Å². The van der Waals surface area contributed by atoms with Gasteiger partial charge in [-0.15, -0.1) is 0 Å². The van der Waals surface area contributed by atoms with Crippen molar-refractivity contribution in [2.24, 2.45) is 0 Å². The fourth-order valence-corrected chi connectivity index (χ4v) is 2.63. The molecule has 31 heavy (non-hydrogen) atoms. The highest BCUT2D eigenvalue weighted by atomic mass is 35.5. The molecule has 0 fully saturated rings. The molecular weight excluding hydrogens is 437 g/mol. The van der Waals surface area contributed by atoms with Gasteiger partial charge in [0.15, 0.2) is 6.61 Å². The quantitative estimate of drug-likeness (QED) is 0.558. The van der Waals surface area contributed by atoms with Crippen LogP contribution < -0.4 is 10.6 Å². The Morgan fingerprint density at radius 1 is 0.968 bits per heavy atom. The van der Waals surface area contributed by atoms with Crippen LogP contribution in [-0.2, 0) is 31.7 Å². The van der Waals surface area contributed by atoms with Gasteiger partial charge >= 0.3 is 12.1 Å². The fraction of sp³-hybridized carbons (Fsp3) is 0.286. The number of carbonyl (C=O) groups excluding carboxylic acids is 3. The van der Waals surface area contributed by atoms with Crippen LogP contribution in [0, 0.1) is 0 Å². The van der Waals surface area contributed by atoms with Crippen LogP contribution in [0.15, 0.2) is 42.5 Å². The molecule has 0 radical (unpaired) electrons. The number of ether oxygens (including phenoxy) is 1. The van der Waals surface area contributed by atoms with Gasteiger partial charge in [0.1, 0.15) is 0 Å². The van der Waals surface area contributed by atoms with Crippen LogP contribution in [0.2, 0.25) is 5.02 Å². The number of nitrogens with one attached hydrogen (secondary N) is 2. The summed E-state index contributed by atoms with van der Waals surface area (Å²) in [5.41, 5.74) is 0.468. The Hall–Kier alpha value is -3.07. The van der Waals surface area contributed by atoms with Gasteiger partial charge in [0.25, 0.3) is 5.91 Å². The fourth-order valence-electron chi connectivity index (χ4n) is 2.46. The third-order valence-corrected chi connectivity index (χ3v) is 4.46. The summed E-state index contributed by atoms with van der Waals surface area (Å²) in [6.07, 6.45) is -4.45. The van der Waals surface area contributed by atoms with Crippen LogP contribution in [0.4, 0.5) is 24.5 Å². The van der Waals surface area contributed by atoms with Gasteiger partial charge in [-0.3, -0.25) is 14.4 Å². The minimum absolute atomic E-state index is 0.0763. The predicted molar refractivity (Wildman–Crippen MR) is 110 cm³/mol. The Labute approximate surface area is 181 Å². The molecule has 0 atom stereocenters. The molecule has 166 valence electrons. The molecule has 0 saturated carbocycles. The molecule has 10 heteroatoms. The topological polar surface area (TPSA) is 84.5 Å². The third-order valence-electron chi connectivity index (χ3n) is 4.13. The van der Waals surface area contributed by atoms with Crippen molar-refractivity contribution in [3.63, 3.8) is 0 Å². The van der Waals surface area contributed by atoms with Crippen LogP contribution in [0.25, 0.3) is 0 Å². The first kappa shape index (κ1) is 24.2. The summed E-state index contributed by atoms with van der Waals surface area (Å²) in [6.45, 7) is 1.47. The van der Waals surface area contributed by atoms with Crippen LogP contribution in [-0.4, -0.2) is 24.4 Å². The summed E-state index contributed by atoms with van der Waals surface area (Å²) in [7, 11) is 0. The number of esters is 1. The summed E-state index contributed by atoms with van der Waals surface area (Å²) in [4.78, 5) is 35.5. The van der Waals surface area contributed by atoms with Crippen molar-refractivity contribution in [2.45, 2.75) is 32.4 Å². The highest BCUT2D eigenvalue weighted by Gasteiger charge is 2.31. The van der Waals surface area contributed by atoms with Crippen molar-refractivity contribution in [2.75, 3.05) is 17.2 Å². The maximum atomic E-state index is 12.8. The zero-order valence-corrected chi connectivity index (χ0v) is 17.3. The number of amides is 2. The molecule has 2 N–H and O–H groups in total. The van der Waals surface area contributed by atoms with Gasteiger partial charge in [-0.2, -0.15) is 13.2 Å². The second-order valence-electron chi connectivity index (χ2n) is 6.50. The van der Waals surface area contributed by atoms with E-state index in [-0.39, 0.29) is 23.6 Å². The molecule has 0 aliphatic carbocycles. The molecular formula is C21H20ClF3N2O4. The minimum atomic E-state index is -4.59. The molecule has 0 unspecified atom stereocenters. The number of halogens is 4. The maximum absolute atomic E-state index is 12.8. The van der Waals surface area contributed by atoms with Crippen LogP contribution in [0.5, 0.6) is 0 Å². The molecule has 0 heterocycles. The maximum Gasteiger partial charge on any atom is 0.416 e. The van der Waals surface area contributed by atoms with Gasteiger partial charge in [-0.25, -0.2) is 0 Å². The molecule has 2 amide bonds. The zero-order valence-electron chi connectivity index (χ0n) is 16.5. The van der Waals surface area contributed by atoms with Gasteiger partial charge in [0, 0.05) is 12.1 Å². The lowest BCUT2D eigenvalue weighted by Crippen LogP contribution is -2.21. The summed E-state index contributed by atoms with van der Waals surface area (Å²) in [5.74, 6) is -2.07. The molecule has 2 aromatic rings. The molecule has 0 spiro atoms. The number of alkyl halides is 3. The minimum Gasteiger partial charge on any atom is -0.456 e. The number of hydrogen-bond acceptors (Lipinski definition) is 4. The molecule has 2 rings (SSSR count). The average molecular weight is 457 g/mol. The van der Waals surface area contributed by atoms with Gasteiger partial charge in [0.05, 0.1) is 22.7 Å². The SMILES string of the molecule is CCc1ccc(NC(=O)COC(=O)CCC(=O)Nc2cc(C(F)(F)F)ccc2Cl)cc1. The van der Waals surface area contributed by atoms with E-state index in [2.05, 4.69) is 10.6 Å². The lowest BCUT2D eigenvalue weighted by atomic mass is 10.1.